The zero-order chi connectivity index (χ0) is 20.1. The first-order valence-corrected chi connectivity index (χ1v) is 11.1. The maximum atomic E-state index is 11.2. The molecule has 0 unspecified atom stereocenters. The second-order valence-electron chi connectivity index (χ2n) is 7.78. The van der Waals surface area contributed by atoms with Gasteiger partial charge in [-0.05, 0) is 29.6 Å². The predicted molar refractivity (Wildman–Crippen MR) is 115 cm³/mol. The van der Waals surface area contributed by atoms with E-state index in [1.807, 2.05) is 16.0 Å². The number of hydrogen-bond acceptors (Lipinski definition) is 6. The molecule has 3 heterocycles. The van der Waals surface area contributed by atoms with Crippen LogP contribution in [0.2, 0.25) is 0 Å². The molecule has 1 aliphatic heterocycles. The van der Waals surface area contributed by atoms with Crippen molar-refractivity contribution < 1.29 is 4.79 Å². The molecule has 1 aliphatic rings. The highest BCUT2D eigenvalue weighted by Crippen LogP contribution is 2.15. The van der Waals surface area contributed by atoms with Crippen LogP contribution in [0.5, 0.6) is 0 Å². The molecule has 3 rings (SSSR count). The van der Waals surface area contributed by atoms with Gasteiger partial charge in [-0.2, -0.15) is 5.10 Å². The summed E-state index contributed by atoms with van der Waals surface area (Å²) in [5.74, 6) is 1.00. The number of nitrogens with two attached hydrogens (primary N) is 1. The number of carbonyl (C=O) groups is 1. The van der Waals surface area contributed by atoms with Crippen LogP contribution >= 0.6 is 23.6 Å². The fourth-order valence-corrected chi connectivity index (χ4v) is 4.47. The Bertz CT molecular complexity index is 818. The van der Waals surface area contributed by atoms with Crippen molar-refractivity contribution in [2.45, 2.75) is 46.4 Å². The van der Waals surface area contributed by atoms with Crippen molar-refractivity contribution in [3.8, 4) is 0 Å². The number of aryl methyl sites for hydroxylation is 1. The van der Waals surface area contributed by atoms with Crippen LogP contribution in [0, 0.1) is 10.7 Å². The molecule has 0 aromatic carbocycles. The fourth-order valence-electron chi connectivity index (χ4n) is 3.45. The molecule has 9 heteroatoms. The minimum absolute atomic E-state index is 0.297. The van der Waals surface area contributed by atoms with Crippen LogP contribution < -0.4 is 5.73 Å². The summed E-state index contributed by atoms with van der Waals surface area (Å²) < 4.78 is 4.70. The van der Waals surface area contributed by atoms with Crippen LogP contribution in [-0.2, 0) is 31.0 Å². The van der Waals surface area contributed by atoms with Crippen LogP contribution in [-0.4, -0.2) is 56.2 Å². The lowest BCUT2D eigenvalue weighted by molar-refractivity contribution is -0.118. The SMILES string of the molecule is CC(C)Cn1c(CCC(N)=O)nn(CN2CCN(Cc3cccs3)CC2)c1=S. The van der Waals surface area contributed by atoms with Crippen LogP contribution in [0.4, 0.5) is 0 Å². The molecule has 2 aromatic heterocycles. The van der Waals surface area contributed by atoms with E-state index >= 15 is 0 Å². The normalized spacial score (nSPS) is 16.1. The number of amides is 1. The number of primary amides is 1. The third-order valence-electron chi connectivity index (χ3n) is 4.90. The molecule has 28 heavy (non-hydrogen) atoms. The zero-order valence-electron chi connectivity index (χ0n) is 16.7. The molecule has 0 radical (unpaired) electrons. The van der Waals surface area contributed by atoms with Gasteiger partial charge >= 0.3 is 0 Å². The van der Waals surface area contributed by atoms with Gasteiger partial charge in [-0.15, -0.1) is 11.3 Å². The molecule has 7 nitrogen and oxygen atoms in total. The monoisotopic (exact) mass is 422 g/mol. The van der Waals surface area contributed by atoms with Crippen molar-refractivity contribution >= 4 is 29.5 Å². The Labute approximate surface area is 175 Å². The van der Waals surface area contributed by atoms with Crippen LogP contribution in [0.3, 0.4) is 0 Å². The highest BCUT2D eigenvalue weighted by atomic mass is 32.1. The van der Waals surface area contributed by atoms with Crippen molar-refractivity contribution in [2.24, 2.45) is 11.7 Å². The minimum Gasteiger partial charge on any atom is -0.370 e. The number of piperazine rings is 1. The summed E-state index contributed by atoms with van der Waals surface area (Å²) in [4.78, 5) is 17.5. The highest BCUT2D eigenvalue weighted by molar-refractivity contribution is 7.71. The topological polar surface area (TPSA) is 72.3 Å². The number of carbonyl (C=O) groups excluding carboxylic acids is 1. The third-order valence-corrected chi connectivity index (χ3v) is 6.19. The van der Waals surface area contributed by atoms with E-state index in [1.165, 1.54) is 4.88 Å². The second kappa shape index (κ2) is 9.78. The molecule has 0 atom stereocenters. The van der Waals surface area contributed by atoms with E-state index in [9.17, 15) is 4.79 Å². The first-order chi connectivity index (χ1) is 13.4. The number of hydrogen-bond donors (Lipinski definition) is 1. The van der Waals surface area contributed by atoms with Crippen LogP contribution in [0.1, 0.15) is 31.0 Å². The number of rotatable bonds is 9. The molecule has 1 amide bonds. The Hall–Kier alpha value is -1.55. The lowest BCUT2D eigenvalue weighted by Gasteiger charge is -2.34. The first-order valence-electron chi connectivity index (χ1n) is 9.84. The summed E-state index contributed by atoms with van der Waals surface area (Å²) in [6, 6.07) is 4.31. The Morgan fingerprint density at radius 1 is 1.29 bits per heavy atom. The van der Waals surface area contributed by atoms with Gasteiger partial charge in [-0.1, -0.05) is 19.9 Å². The summed E-state index contributed by atoms with van der Waals surface area (Å²) in [6.07, 6.45) is 0.832. The molecule has 0 bridgehead atoms. The summed E-state index contributed by atoms with van der Waals surface area (Å²) >= 11 is 7.51. The molecule has 1 fully saturated rings. The van der Waals surface area contributed by atoms with Crippen molar-refractivity contribution in [1.29, 1.82) is 0 Å². The number of aromatic nitrogens is 3. The van der Waals surface area contributed by atoms with Gasteiger partial charge in [0.05, 0.1) is 6.67 Å². The number of thiophene rings is 1. The third kappa shape index (κ3) is 5.73. The van der Waals surface area contributed by atoms with Gasteiger partial charge < -0.3 is 10.3 Å². The van der Waals surface area contributed by atoms with Gasteiger partial charge in [-0.3, -0.25) is 14.6 Å². The predicted octanol–water partition coefficient (Wildman–Crippen LogP) is 2.32. The molecule has 2 aromatic rings. The standard InChI is InChI=1S/C19H30N6OS2/c1-15(2)12-24-18(6-5-17(20)26)21-25(19(24)27)14-23-9-7-22(8-10-23)13-16-4-3-11-28-16/h3-4,11,15H,5-10,12-14H2,1-2H3,(H2,20,26). The summed E-state index contributed by atoms with van der Waals surface area (Å²) in [5, 5.41) is 6.86. The smallest absolute Gasteiger partial charge is 0.217 e. The second-order valence-corrected chi connectivity index (χ2v) is 9.18. The van der Waals surface area contributed by atoms with Crippen molar-refractivity contribution in [3.63, 3.8) is 0 Å². The van der Waals surface area contributed by atoms with E-state index in [0.29, 0.717) is 25.4 Å². The Balaban J connectivity index is 1.62. The Morgan fingerprint density at radius 3 is 2.61 bits per heavy atom. The first kappa shape index (κ1) is 21.2. The molecule has 0 aliphatic carbocycles. The van der Waals surface area contributed by atoms with Crippen molar-refractivity contribution in [2.75, 3.05) is 26.2 Å². The van der Waals surface area contributed by atoms with E-state index in [0.717, 1.165) is 49.9 Å². The maximum Gasteiger partial charge on any atom is 0.217 e. The fraction of sp³-hybridized carbons (Fsp3) is 0.632. The maximum absolute atomic E-state index is 11.2. The van der Waals surface area contributed by atoms with Crippen molar-refractivity contribution in [1.82, 2.24) is 24.1 Å². The van der Waals surface area contributed by atoms with Gasteiger partial charge in [0, 0.05) is 57.0 Å². The van der Waals surface area contributed by atoms with E-state index < -0.39 is 0 Å². The lowest BCUT2D eigenvalue weighted by Crippen LogP contribution is -2.46. The number of nitrogens with zero attached hydrogens (tertiary/aromatic N) is 5. The summed E-state index contributed by atoms with van der Waals surface area (Å²) in [6.45, 7) is 10.9. The van der Waals surface area contributed by atoms with Crippen LogP contribution in [0.15, 0.2) is 17.5 Å². The van der Waals surface area contributed by atoms with Gasteiger partial charge in [-0.25, -0.2) is 4.68 Å². The molecule has 2 N–H and O–H groups in total. The Morgan fingerprint density at radius 2 is 2.00 bits per heavy atom. The largest absolute Gasteiger partial charge is 0.370 e. The minimum atomic E-state index is -0.307. The summed E-state index contributed by atoms with van der Waals surface area (Å²) in [7, 11) is 0. The quantitative estimate of drug-likeness (QED) is 0.628. The average molecular weight is 423 g/mol. The average Bonchev–Trinajstić information content (AvgIpc) is 3.25. The van der Waals surface area contributed by atoms with Gasteiger partial charge in [0.15, 0.2) is 4.77 Å². The van der Waals surface area contributed by atoms with Gasteiger partial charge in [0.2, 0.25) is 5.91 Å². The van der Waals surface area contributed by atoms with Gasteiger partial charge in [0.1, 0.15) is 5.82 Å². The van der Waals surface area contributed by atoms with Crippen LogP contribution in [0.25, 0.3) is 0 Å². The van der Waals surface area contributed by atoms with Crippen molar-refractivity contribution in [3.05, 3.63) is 33.0 Å². The highest BCUT2D eigenvalue weighted by Gasteiger charge is 2.20. The molecule has 154 valence electrons. The lowest BCUT2D eigenvalue weighted by atomic mass is 10.2. The molecule has 1 saturated heterocycles. The van der Waals surface area contributed by atoms with E-state index in [2.05, 4.69) is 45.7 Å². The molecular formula is C19H30N6OS2. The molecule has 0 spiro atoms. The Kier molecular flexibility index (Phi) is 7.39. The zero-order valence-corrected chi connectivity index (χ0v) is 18.3. The van der Waals surface area contributed by atoms with E-state index in [-0.39, 0.29) is 5.91 Å². The van der Waals surface area contributed by atoms with E-state index in [1.54, 1.807) is 0 Å². The van der Waals surface area contributed by atoms with E-state index in [4.69, 9.17) is 23.1 Å². The molecule has 0 saturated carbocycles. The molecular weight excluding hydrogens is 392 g/mol. The summed E-state index contributed by atoms with van der Waals surface area (Å²) in [5.41, 5.74) is 5.33. The van der Waals surface area contributed by atoms with Gasteiger partial charge in [0.25, 0.3) is 0 Å².